The molecule has 0 aromatic carbocycles. The van der Waals surface area contributed by atoms with E-state index < -0.39 is 0 Å². The quantitative estimate of drug-likeness (QED) is 0.624. The number of rotatable bonds is 2. The summed E-state index contributed by atoms with van der Waals surface area (Å²) < 4.78 is 0. The number of hydrogen-bond donors (Lipinski definition) is 1. The van der Waals surface area contributed by atoms with E-state index in [0.29, 0.717) is 5.92 Å². The van der Waals surface area contributed by atoms with Crippen LogP contribution in [0.2, 0.25) is 0 Å². The van der Waals surface area contributed by atoms with Crippen LogP contribution >= 0.6 is 0 Å². The molecule has 0 spiro atoms. The van der Waals surface area contributed by atoms with Crippen LogP contribution in [0, 0.1) is 11.3 Å². The molecule has 0 aromatic heterocycles. The van der Waals surface area contributed by atoms with E-state index in [9.17, 15) is 0 Å². The molecule has 0 fully saturated rings. The van der Waals surface area contributed by atoms with Crippen molar-refractivity contribution >= 4 is 5.71 Å². The Morgan fingerprint density at radius 1 is 1.36 bits per heavy atom. The molecule has 1 rings (SSSR count). The van der Waals surface area contributed by atoms with Gasteiger partial charge in [-0.2, -0.15) is 0 Å². The van der Waals surface area contributed by atoms with E-state index in [1.165, 1.54) is 5.57 Å². The fourth-order valence-electron chi connectivity index (χ4n) is 1.30. The lowest BCUT2D eigenvalue weighted by molar-refractivity contribution is 0.799. The van der Waals surface area contributed by atoms with Crippen molar-refractivity contribution in [3.8, 4) is 0 Å². The second kappa shape index (κ2) is 3.51. The zero-order valence-electron chi connectivity index (χ0n) is 7.22. The van der Waals surface area contributed by atoms with E-state index in [1.54, 1.807) is 0 Å². The van der Waals surface area contributed by atoms with Crippen molar-refractivity contribution in [2.45, 2.75) is 26.7 Å². The highest BCUT2D eigenvalue weighted by Crippen LogP contribution is 2.18. The summed E-state index contributed by atoms with van der Waals surface area (Å²) >= 11 is 0. The lowest BCUT2D eigenvalue weighted by Gasteiger charge is -2.14. The van der Waals surface area contributed by atoms with Crippen LogP contribution in [-0.2, 0) is 0 Å². The Balaban J connectivity index is 2.75. The van der Waals surface area contributed by atoms with Gasteiger partial charge in [-0.1, -0.05) is 31.6 Å². The lowest BCUT2D eigenvalue weighted by atomic mass is 9.91. The van der Waals surface area contributed by atoms with Gasteiger partial charge in [0.1, 0.15) is 0 Å². The SMILES string of the molecule is CCC1=CC(CC)C(=N)C=C1. The molecule has 1 unspecified atom stereocenters. The number of hydrogen-bond acceptors (Lipinski definition) is 1. The molecule has 0 aliphatic heterocycles. The predicted octanol–water partition coefficient (Wildman–Crippen LogP) is 2.94. The summed E-state index contributed by atoms with van der Waals surface area (Å²) in [6, 6.07) is 0. The maximum Gasteiger partial charge on any atom is 0.0382 e. The van der Waals surface area contributed by atoms with Crippen LogP contribution in [0.3, 0.4) is 0 Å². The average molecular weight is 149 g/mol. The molecular formula is C10H15N. The first-order valence-corrected chi connectivity index (χ1v) is 4.25. The summed E-state index contributed by atoms with van der Waals surface area (Å²) in [6.07, 6.45) is 8.32. The molecule has 0 saturated heterocycles. The molecular weight excluding hydrogens is 134 g/mol. The summed E-state index contributed by atoms with van der Waals surface area (Å²) in [5, 5.41) is 7.58. The second-order valence-corrected chi connectivity index (χ2v) is 2.90. The standard InChI is InChI=1S/C10H15N/c1-3-8-5-6-10(11)9(4-2)7-8/h5-7,9,11H,3-4H2,1-2H3. The molecule has 60 valence electrons. The second-order valence-electron chi connectivity index (χ2n) is 2.90. The summed E-state index contributed by atoms with van der Waals surface area (Å²) in [6.45, 7) is 4.28. The van der Waals surface area contributed by atoms with Gasteiger partial charge in [-0.15, -0.1) is 0 Å². The van der Waals surface area contributed by atoms with Crippen LogP contribution in [0.15, 0.2) is 23.8 Å². The minimum absolute atomic E-state index is 0.370. The number of allylic oxidation sites excluding steroid dienone is 4. The Kier molecular flexibility index (Phi) is 2.64. The van der Waals surface area contributed by atoms with Gasteiger partial charge in [0.05, 0.1) is 0 Å². The van der Waals surface area contributed by atoms with Gasteiger partial charge in [-0.05, 0) is 18.9 Å². The number of nitrogens with one attached hydrogen (secondary N) is 1. The molecule has 0 amide bonds. The Bertz CT molecular complexity index is 211. The van der Waals surface area contributed by atoms with Crippen molar-refractivity contribution < 1.29 is 0 Å². The minimum Gasteiger partial charge on any atom is -0.305 e. The maximum absolute atomic E-state index is 7.58. The third-order valence-corrected chi connectivity index (χ3v) is 2.14. The van der Waals surface area contributed by atoms with Crippen molar-refractivity contribution in [3.63, 3.8) is 0 Å². The van der Waals surface area contributed by atoms with E-state index in [1.807, 2.05) is 6.08 Å². The van der Waals surface area contributed by atoms with Crippen LogP contribution in [0.1, 0.15) is 26.7 Å². The molecule has 1 aliphatic carbocycles. The van der Waals surface area contributed by atoms with Gasteiger partial charge in [0.15, 0.2) is 0 Å². The summed E-state index contributed by atoms with van der Waals surface area (Å²) in [5.74, 6) is 0.370. The fourth-order valence-corrected chi connectivity index (χ4v) is 1.30. The van der Waals surface area contributed by atoms with Gasteiger partial charge in [0.2, 0.25) is 0 Å². The summed E-state index contributed by atoms with van der Waals surface area (Å²) in [5.41, 5.74) is 2.12. The first-order chi connectivity index (χ1) is 5.27. The first kappa shape index (κ1) is 8.25. The Morgan fingerprint density at radius 3 is 2.64 bits per heavy atom. The smallest absolute Gasteiger partial charge is 0.0382 e. The minimum atomic E-state index is 0.370. The van der Waals surface area contributed by atoms with Crippen LogP contribution < -0.4 is 0 Å². The normalized spacial score (nSPS) is 23.6. The van der Waals surface area contributed by atoms with Gasteiger partial charge in [0, 0.05) is 11.6 Å². The van der Waals surface area contributed by atoms with E-state index in [4.69, 9.17) is 5.41 Å². The summed E-state index contributed by atoms with van der Waals surface area (Å²) in [4.78, 5) is 0. The lowest BCUT2D eigenvalue weighted by Crippen LogP contribution is -2.10. The van der Waals surface area contributed by atoms with Gasteiger partial charge in [0.25, 0.3) is 0 Å². The van der Waals surface area contributed by atoms with E-state index >= 15 is 0 Å². The molecule has 0 bridgehead atoms. The van der Waals surface area contributed by atoms with Crippen LogP contribution in [0.4, 0.5) is 0 Å². The average Bonchev–Trinajstić information content (AvgIpc) is 2.05. The predicted molar refractivity (Wildman–Crippen MR) is 49.0 cm³/mol. The van der Waals surface area contributed by atoms with Crippen LogP contribution in [-0.4, -0.2) is 5.71 Å². The monoisotopic (exact) mass is 149 g/mol. The van der Waals surface area contributed by atoms with E-state index in [0.717, 1.165) is 18.6 Å². The molecule has 0 aromatic rings. The van der Waals surface area contributed by atoms with Gasteiger partial charge in [-0.3, -0.25) is 0 Å². The Hall–Kier alpha value is -0.850. The van der Waals surface area contributed by atoms with Crippen LogP contribution in [0.25, 0.3) is 0 Å². The summed E-state index contributed by atoms with van der Waals surface area (Å²) in [7, 11) is 0. The molecule has 0 saturated carbocycles. The zero-order valence-corrected chi connectivity index (χ0v) is 7.22. The van der Waals surface area contributed by atoms with E-state index in [2.05, 4.69) is 26.0 Å². The fraction of sp³-hybridized carbons (Fsp3) is 0.500. The highest BCUT2D eigenvalue weighted by molar-refractivity contribution is 5.97. The van der Waals surface area contributed by atoms with Crippen molar-refractivity contribution in [3.05, 3.63) is 23.8 Å². The van der Waals surface area contributed by atoms with Crippen LogP contribution in [0.5, 0.6) is 0 Å². The topological polar surface area (TPSA) is 23.9 Å². The van der Waals surface area contributed by atoms with Gasteiger partial charge in [-0.25, -0.2) is 0 Å². The molecule has 1 N–H and O–H groups in total. The molecule has 1 heteroatoms. The highest BCUT2D eigenvalue weighted by atomic mass is 14.4. The van der Waals surface area contributed by atoms with Gasteiger partial charge < -0.3 is 5.41 Å². The zero-order chi connectivity index (χ0) is 8.27. The molecule has 0 radical (unpaired) electrons. The van der Waals surface area contributed by atoms with Crippen molar-refractivity contribution in [2.75, 3.05) is 0 Å². The molecule has 11 heavy (non-hydrogen) atoms. The Morgan fingerprint density at radius 2 is 2.09 bits per heavy atom. The third kappa shape index (κ3) is 1.79. The first-order valence-electron chi connectivity index (χ1n) is 4.25. The molecule has 1 aliphatic rings. The largest absolute Gasteiger partial charge is 0.305 e. The van der Waals surface area contributed by atoms with E-state index in [-0.39, 0.29) is 0 Å². The Labute approximate surface area is 68.3 Å². The third-order valence-electron chi connectivity index (χ3n) is 2.14. The van der Waals surface area contributed by atoms with Gasteiger partial charge >= 0.3 is 0 Å². The van der Waals surface area contributed by atoms with Crippen molar-refractivity contribution in [1.82, 2.24) is 0 Å². The maximum atomic E-state index is 7.58. The van der Waals surface area contributed by atoms with Crippen molar-refractivity contribution in [2.24, 2.45) is 5.92 Å². The highest BCUT2D eigenvalue weighted by Gasteiger charge is 2.10. The van der Waals surface area contributed by atoms with Crippen molar-refractivity contribution in [1.29, 1.82) is 5.41 Å². The molecule has 1 nitrogen and oxygen atoms in total. The molecule has 1 atom stereocenters. The molecule has 0 heterocycles.